The third-order valence-electron chi connectivity index (χ3n) is 5.69. The highest BCUT2D eigenvalue weighted by molar-refractivity contribution is 6.06. The van der Waals surface area contributed by atoms with Gasteiger partial charge in [0.1, 0.15) is 19.8 Å². The fourth-order valence-corrected chi connectivity index (χ4v) is 4.38. The van der Waals surface area contributed by atoms with Gasteiger partial charge in [-0.2, -0.15) is 0 Å². The Balaban J connectivity index is 1.78. The molecule has 6 heteroatoms. The van der Waals surface area contributed by atoms with Crippen molar-refractivity contribution in [1.82, 2.24) is 0 Å². The minimum absolute atomic E-state index is 0.0255. The van der Waals surface area contributed by atoms with Crippen LogP contribution in [-0.4, -0.2) is 54.1 Å². The van der Waals surface area contributed by atoms with Gasteiger partial charge in [-0.3, -0.25) is 0 Å². The molecule has 1 fully saturated rings. The van der Waals surface area contributed by atoms with E-state index in [0.29, 0.717) is 19.8 Å². The summed E-state index contributed by atoms with van der Waals surface area (Å²) in [4.78, 5) is 14.6. The zero-order valence-corrected chi connectivity index (χ0v) is 17.3. The Hall–Kier alpha value is -1.85. The van der Waals surface area contributed by atoms with Crippen LogP contribution in [0.2, 0.25) is 0 Å². The summed E-state index contributed by atoms with van der Waals surface area (Å²) in [5.41, 5.74) is -1.01. The Labute approximate surface area is 161 Å². The van der Waals surface area contributed by atoms with E-state index in [-0.39, 0.29) is 33.9 Å². The fraction of sp³-hybridized carbons (Fsp3) is 0.762. The molecule has 0 aromatic rings. The van der Waals surface area contributed by atoms with E-state index in [0.717, 1.165) is 24.1 Å². The molecule has 0 aromatic heterocycles. The first-order valence-corrected chi connectivity index (χ1v) is 9.79. The van der Waals surface area contributed by atoms with Crippen molar-refractivity contribution in [3.05, 3.63) is 12.7 Å². The molecular weight excluding hydrogens is 342 g/mol. The third-order valence-corrected chi connectivity index (χ3v) is 5.69. The molecule has 4 rings (SSSR count). The zero-order chi connectivity index (χ0) is 19.7. The first-order chi connectivity index (χ1) is 12.5. The van der Waals surface area contributed by atoms with E-state index in [1.165, 1.54) is 0 Å². The largest absolute Gasteiger partial charge is 0.478 e. The van der Waals surface area contributed by atoms with Crippen molar-refractivity contribution in [3.63, 3.8) is 0 Å². The number of hydrogen-bond acceptors (Lipinski definition) is 6. The number of aliphatic imine (C=N–C) groups is 3. The van der Waals surface area contributed by atoms with Gasteiger partial charge in [0.2, 0.25) is 0 Å². The molecule has 3 aliphatic heterocycles. The van der Waals surface area contributed by atoms with E-state index in [1.807, 2.05) is 6.08 Å². The molecule has 0 saturated heterocycles. The number of nitrogens with zero attached hydrogens (tertiary/aromatic N) is 3. The van der Waals surface area contributed by atoms with Crippen molar-refractivity contribution in [1.29, 1.82) is 0 Å². The molecule has 0 spiro atoms. The Kier molecular flexibility index (Phi) is 3.83. The molecule has 0 radical (unpaired) electrons. The lowest BCUT2D eigenvalue weighted by molar-refractivity contribution is 0.253. The topological polar surface area (TPSA) is 64.8 Å². The van der Waals surface area contributed by atoms with Gasteiger partial charge in [-0.15, -0.1) is 6.58 Å². The second kappa shape index (κ2) is 5.58. The monoisotopic (exact) mass is 373 g/mol. The second-order valence-electron chi connectivity index (χ2n) is 10.1. The maximum atomic E-state index is 6.11. The summed E-state index contributed by atoms with van der Waals surface area (Å²) in [6.07, 6.45) is 2.66. The number of hydrogen-bond donors (Lipinski definition) is 0. The summed E-state index contributed by atoms with van der Waals surface area (Å²) in [6.45, 7) is 18.3. The highest BCUT2D eigenvalue weighted by Gasteiger charge is 2.75. The lowest BCUT2D eigenvalue weighted by Crippen LogP contribution is -2.23. The molecule has 0 amide bonds. The van der Waals surface area contributed by atoms with E-state index in [9.17, 15) is 0 Å². The first-order valence-electron chi connectivity index (χ1n) is 9.79. The molecule has 0 N–H and O–H groups in total. The SMILES string of the molecule is C=CCC1(C2=NC(C)(C)CO2)[C@@H](C2=NC(C)(C)CO2)[C@@H]1C1=NC(C)(C)CO1. The van der Waals surface area contributed by atoms with Crippen molar-refractivity contribution in [3.8, 4) is 0 Å². The quantitative estimate of drug-likeness (QED) is 0.694. The molecule has 0 unspecified atom stereocenters. The highest BCUT2D eigenvalue weighted by atomic mass is 16.5. The fourth-order valence-electron chi connectivity index (χ4n) is 4.38. The predicted molar refractivity (Wildman–Crippen MR) is 107 cm³/mol. The molecule has 27 heavy (non-hydrogen) atoms. The first kappa shape index (κ1) is 18.5. The summed E-state index contributed by atoms with van der Waals surface area (Å²) in [7, 11) is 0. The van der Waals surface area contributed by atoms with Crippen LogP contribution in [0, 0.1) is 17.3 Å². The van der Waals surface area contributed by atoms with Gasteiger partial charge in [0.05, 0.1) is 33.9 Å². The van der Waals surface area contributed by atoms with E-state index in [1.54, 1.807) is 0 Å². The van der Waals surface area contributed by atoms with Crippen LogP contribution in [-0.2, 0) is 14.2 Å². The number of allylic oxidation sites excluding steroid dienone is 1. The van der Waals surface area contributed by atoms with Crippen LogP contribution < -0.4 is 0 Å². The summed E-state index contributed by atoms with van der Waals surface area (Å²) in [6, 6.07) is 0. The minimum Gasteiger partial charge on any atom is -0.478 e. The predicted octanol–water partition coefficient (Wildman–Crippen LogP) is 3.42. The highest BCUT2D eigenvalue weighted by Crippen LogP contribution is 2.66. The van der Waals surface area contributed by atoms with Gasteiger partial charge in [-0.05, 0) is 48.0 Å². The van der Waals surface area contributed by atoms with Gasteiger partial charge in [-0.25, -0.2) is 15.0 Å². The van der Waals surface area contributed by atoms with Crippen LogP contribution >= 0.6 is 0 Å². The maximum absolute atomic E-state index is 6.11. The van der Waals surface area contributed by atoms with Crippen molar-refractivity contribution >= 4 is 17.7 Å². The Bertz CT molecular complexity index is 721. The number of rotatable bonds is 5. The summed E-state index contributed by atoms with van der Waals surface area (Å²) < 4.78 is 18.2. The molecule has 4 aliphatic rings. The van der Waals surface area contributed by atoms with Crippen molar-refractivity contribution < 1.29 is 14.2 Å². The van der Waals surface area contributed by atoms with Crippen LogP contribution in [0.1, 0.15) is 48.0 Å². The van der Waals surface area contributed by atoms with E-state index in [2.05, 4.69) is 48.1 Å². The number of ether oxygens (including phenoxy) is 3. The maximum Gasteiger partial charge on any atom is 0.192 e. The summed E-state index contributed by atoms with van der Waals surface area (Å²) in [5, 5.41) is 0. The molecular formula is C21H31N3O3. The molecule has 148 valence electrons. The smallest absolute Gasteiger partial charge is 0.192 e. The molecule has 0 bridgehead atoms. The van der Waals surface area contributed by atoms with Gasteiger partial charge in [0.25, 0.3) is 0 Å². The van der Waals surface area contributed by atoms with Gasteiger partial charge in [0.15, 0.2) is 17.7 Å². The zero-order valence-electron chi connectivity index (χ0n) is 17.3. The lowest BCUT2D eigenvalue weighted by Gasteiger charge is -2.16. The summed E-state index contributed by atoms with van der Waals surface area (Å²) in [5.74, 6) is 2.38. The molecule has 3 heterocycles. The molecule has 2 atom stereocenters. The molecule has 1 aliphatic carbocycles. The molecule has 6 nitrogen and oxygen atoms in total. The van der Waals surface area contributed by atoms with E-state index < -0.39 is 0 Å². The van der Waals surface area contributed by atoms with E-state index in [4.69, 9.17) is 29.2 Å². The van der Waals surface area contributed by atoms with Crippen LogP contribution in [0.5, 0.6) is 0 Å². The van der Waals surface area contributed by atoms with Crippen molar-refractivity contribution in [2.75, 3.05) is 19.8 Å². The Morgan fingerprint density at radius 1 is 0.815 bits per heavy atom. The minimum atomic E-state index is -0.367. The third kappa shape index (κ3) is 2.97. The van der Waals surface area contributed by atoms with Crippen LogP contribution in [0.3, 0.4) is 0 Å². The van der Waals surface area contributed by atoms with Crippen molar-refractivity contribution in [2.45, 2.75) is 64.6 Å². The second-order valence-corrected chi connectivity index (χ2v) is 10.1. The Morgan fingerprint density at radius 3 is 1.59 bits per heavy atom. The average Bonchev–Trinajstić information content (AvgIpc) is 2.82. The van der Waals surface area contributed by atoms with Crippen LogP contribution in [0.25, 0.3) is 0 Å². The van der Waals surface area contributed by atoms with Crippen molar-refractivity contribution in [2.24, 2.45) is 32.2 Å². The lowest BCUT2D eigenvalue weighted by atomic mass is 9.96. The van der Waals surface area contributed by atoms with Gasteiger partial charge < -0.3 is 14.2 Å². The van der Waals surface area contributed by atoms with Gasteiger partial charge >= 0.3 is 0 Å². The van der Waals surface area contributed by atoms with Crippen LogP contribution in [0.15, 0.2) is 27.6 Å². The summed E-state index contributed by atoms with van der Waals surface area (Å²) >= 11 is 0. The van der Waals surface area contributed by atoms with E-state index >= 15 is 0 Å². The Morgan fingerprint density at radius 2 is 1.26 bits per heavy atom. The average molecular weight is 373 g/mol. The standard InChI is InChI=1S/C21H31N3O3/c1-8-9-21(17-24-20(6,7)12-27-17)13(15-22-18(2,3)10-25-15)14(21)16-23-19(4,5)11-26-16/h8,13-14H,1,9-12H2,2-7H3/t13-,14-/m1/s1. The normalized spacial score (nSPS) is 37.5. The molecule has 1 saturated carbocycles. The molecule has 0 aromatic carbocycles. The van der Waals surface area contributed by atoms with Gasteiger partial charge in [0, 0.05) is 0 Å². The van der Waals surface area contributed by atoms with Crippen LogP contribution in [0.4, 0.5) is 0 Å². The van der Waals surface area contributed by atoms with Gasteiger partial charge in [-0.1, -0.05) is 6.08 Å².